The fourth-order valence-corrected chi connectivity index (χ4v) is 2.67. The van der Waals surface area contributed by atoms with E-state index in [1.165, 1.54) is 40.3 Å². The first-order chi connectivity index (χ1) is 8.34. The molecule has 2 heteroatoms. The summed E-state index contributed by atoms with van der Waals surface area (Å²) in [7, 11) is 2.14. The van der Waals surface area contributed by atoms with Crippen molar-refractivity contribution in [1.82, 2.24) is 9.55 Å². The van der Waals surface area contributed by atoms with E-state index in [9.17, 15) is 0 Å². The molecule has 0 aliphatic heterocycles. The van der Waals surface area contributed by atoms with Gasteiger partial charge in [-0.25, -0.2) is 0 Å². The molecule has 4 rings (SSSR count). The molecule has 1 aromatic carbocycles. The lowest BCUT2D eigenvalue weighted by molar-refractivity contribution is 0.991. The van der Waals surface area contributed by atoms with E-state index in [0.29, 0.717) is 0 Å². The second-order valence-corrected chi connectivity index (χ2v) is 4.98. The highest BCUT2D eigenvalue weighted by molar-refractivity contribution is 6.07. The highest BCUT2D eigenvalue weighted by Crippen LogP contribution is 2.40. The van der Waals surface area contributed by atoms with Crippen LogP contribution in [0.5, 0.6) is 0 Å². The first-order valence-corrected chi connectivity index (χ1v) is 6.17. The van der Waals surface area contributed by atoms with Gasteiger partial charge in [0.1, 0.15) is 0 Å². The molecule has 2 heterocycles. The summed E-state index contributed by atoms with van der Waals surface area (Å²) < 4.78 is 2.28. The van der Waals surface area contributed by atoms with Gasteiger partial charge in [0, 0.05) is 41.1 Å². The molecule has 2 aromatic heterocycles. The molecule has 0 amide bonds. The van der Waals surface area contributed by atoms with Crippen LogP contribution in [-0.4, -0.2) is 9.55 Å². The third-order valence-corrected chi connectivity index (χ3v) is 3.82. The molecule has 0 unspecified atom stereocenters. The molecule has 0 atom stereocenters. The number of hydrogen-bond acceptors (Lipinski definition) is 1. The maximum absolute atomic E-state index is 4.62. The zero-order chi connectivity index (χ0) is 11.4. The van der Waals surface area contributed by atoms with Crippen molar-refractivity contribution < 1.29 is 0 Å². The van der Waals surface area contributed by atoms with Gasteiger partial charge in [0.2, 0.25) is 0 Å². The molecule has 0 saturated heterocycles. The van der Waals surface area contributed by atoms with E-state index in [-0.39, 0.29) is 0 Å². The van der Waals surface area contributed by atoms with Gasteiger partial charge in [0.05, 0.1) is 5.52 Å². The highest BCUT2D eigenvalue weighted by Gasteiger charge is 2.25. The van der Waals surface area contributed by atoms with E-state index < -0.39 is 0 Å². The van der Waals surface area contributed by atoms with Gasteiger partial charge in [0.25, 0.3) is 0 Å². The van der Waals surface area contributed by atoms with Crippen LogP contribution in [0, 0.1) is 0 Å². The number of aromatic nitrogens is 2. The molecule has 0 N–H and O–H groups in total. The van der Waals surface area contributed by atoms with E-state index in [0.717, 1.165) is 5.92 Å². The van der Waals surface area contributed by atoms with E-state index >= 15 is 0 Å². The molecule has 1 aliphatic rings. The van der Waals surface area contributed by atoms with Gasteiger partial charge in [-0.3, -0.25) is 4.98 Å². The number of para-hydroxylation sites is 1. The predicted molar refractivity (Wildman–Crippen MR) is 70.2 cm³/mol. The highest BCUT2D eigenvalue weighted by atomic mass is 14.9. The summed E-state index contributed by atoms with van der Waals surface area (Å²) in [6.07, 6.45) is 4.66. The molecule has 84 valence electrons. The lowest BCUT2D eigenvalue weighted by atomic mass is 10.2. The number of pyridine rings is 1. The van der Waals surface area contributed by atoms with E-state index in [2.05, 4.69) is 46.9 Å². The summed E-state index contributed by atoms with van der Waals surface area (Å²) >= 11 is 0. The Morgan fingerprint density at radius 3 is 2.76 bits per heavy atom. The van der Waals surface area contributed by atoms with Crippen molar-refractivity contribution in [2.24, 2.45) is 7.05 Å². The van der Waals surface area contributed by atoms with E-state index in [1.807, 2.05) is 6.20 Å². The monoisotopic (exact) mass is 222 g/mol. The Kier molecular flexibility index (Phi) is 1.68. The van der Waals surface area contributed by atoms with Crippen LogP contribution in [0.25, 0.3) is 21.8 Å². The van der Waals surface area contributed by atoms with Crippen molar-refractivity contribution in [1.29, 1.82) is 0 Å². The van der Waals surface area contributed by atoms with Crippen LogP contribution >= 0.6 is 0 Å². The maximum Gasteiger partial charge on any atom is 0.0522 e. The summed E-state index contributed by atoms with van der Waals surface area (Å²) in [6.45, 7) is 0. The standard InChI is InChI=1S/C15H14N2/c1-17-14-5-3-2-4-11(14)12-9-16-13(8-15(12)17)10-6-7-10/h2-5,8-10H,6-7H2,1H3. The molecule has 0 bridgehead atoms. The number of fused-ring (bicyclic) bond motifs is 3. The van der Waals surface area contributed by atoms with Gasteiger partial charge < -0.3 is 4.57 Å². The Balaban J connectivity index is 2.13. The zero-order valence-electron chi connectivity index (χ0n) is 9.85. The molecule has 1 saturated carbocycles. The van der Waals surface area contributed by atoms with Crippen molar-refractivity contribution in [2.75, 3.05) is 0 Å². The van der Waals surface area contributed by atoms with Crippen molar-refractivity contribution in [2.45, 2.75) is 18.8 Å². The van der Waals surface area contributed by atoms with Crippen molar-refractivity contribution >= 4 is 21.8 Å². The molecule has 3 aromatic rings. The van der Waals surface area contributed by atoms with E-state index in [1.54, 1.807) is 0 Å². The van der Waals surface area contributed by atoms with Crippen LogP contribution < -0.4 is 0 Å². The number of benzene rings is 1. The van der Waals surface area contributed by atoms with Crippen LogP contribution in [0.4, 0.5) is 0 Å². The third kappa shape index (κ3) is 1.24. The van der Waals surface area contributed by atoms with Gasteiger partial charge in [-0.05, 0) is 25.0 Å². The smallest absolute Gasteiger partial charge is 0.0522 e. The fourth-order valence-electron chi connectivity index (χ4n) is 2.67. The second kappa shape index (κ2) is 3.10. The molecule has 0 radical (unpaired) electrons. The average Bonchev–Trinajstić information content (AvgIpc) is 3.18. The minimum atomic E-state index is 0.720. The normalized spacial score (nSPS) is 15.8. The predicted octanol–water partition coefficient (Wildman–Crippen LogP) is 3.60. The summed E-state index contributed by atoms with van der Waals surface area (Å²) in [4.78, 5) is 4.62. The van der Waals surface area contributed by atoms with Crippen LogP contribution in [0.3, 0.4) is 0 Å². The molecular weight excluding hydrogens is 208 g/mol. The van der Waals surface area contributed by atoms with Gasteiger partial charge in [-0.15, -0.1) is 0 Å². The molecule has 1 aliphatic carbocycles. The summed E-state index contributed by atoms with van der Waals surface area (Å²) in [5, 5.41) is 2.58. The molecule has 1 fully saturated rings. The van der Waals surface area contributed by atoms with Crippen LogP contribution in [0.15, 0.2) is 36.5 Å². The van der Waals surface area contributed by atoms with Crippen LogP contribution in [0.2, 0.25) is 0 Å². The third-order valence-electron chi connectivity index (χ3n) is 3.82. The molecular formula is C15H14N2. The Bertz CT molecular complexity index is 720. The fraction of sp³-hybridized carbons (Fsp3) is 0.267. The number of nitrogens with zero attached hydrogens (tertiary/aromatic N) is 2. The summed E-state index contributed by atoms with van der Waals surface area (Å²) in [6, 6.07) is 10.8. The topological polar surface area (TPSA) is 17.8 Å². The Morgan fingerprint density at radius 2 is 1.94 bits per heavy atom. The zero-order valence-corrected chi connectivity index (χ0v) is 9.85. The average molecular weight is 222 g/mol. The Morgan fingerprint density at radius 1 is 1.12 bits per heavy atom. The first-order valence-electron chi connectivity index (χ1n) is 6.17. The molecule has 2 nitrogen and oxygen atoms in total. The lowest BCUT2D eigenvalue weighted by Gasteiger charge is -2.00. The number of rotatable bonds is 1. The SMILES string of the molecule is Cn1c2ccccc2c2cnc(C3CC3)cc21. The number of hydrogen-bond donors (Lipinski definition) is 0. The maximum atomic E-state index is 4.62. The number of aryl methyl sites for hydroxylation is 1. The largest absolute Gasteiger partial charge is 0.344 e. The lowest BCUT2D eigenvalue weighted by Crippen LogP contribution is -1.90. The van der Waals surface area contributed by atoms with Crippen LogP contribution in [-0.2, 0) is 7.05 Å². The Hall–Kier alpha value is -1.83. The minimum absolute atomic E-state index is 0.720. The van der Waals surface area contributed by atoms with Crippen molar-refractivity contribution in [3.8, 4) is 0 Å². The van der Waals surface area contributed by atoms with Crippen molar-refractivity contribution in [3.05, 3.63) is 42.2 Å². The molecule has 0 spiro atoms. The van der Waals surface area contributed by atoms with Crippen molar-refractivity contribution in [3.63, 3.8) is 0 Å². The Labute approximate surface area is 99.9 Å². The second-order valence-electron chi connectivity index (χ2n) is 4.98. The summed E-state index contributed by atoms with van der Waals surface area (Å²) in [5.74, 6) is 0.720. The minimum Gasteiger partial charge on any atom is -0.344 e. The summed E-state index contributed by atoms with van der Waals surface area (Å²) in [5.41, 5.74) is 3.86. The van der Waals surface area contributed by atoms with Gasteiger partial charge in [-0.2, -0.15) is 0 Å². The van der Waals surface area contributed by atoms with Crippen LogP contribution in [0.1, 0.15) is 24.5 Å². The van der Waals surface area contributed by atoms with E-state index in [4.69, 9.17) is 0 Å². The van der Waals surface area contributed by atoms with Gasteiger partial charge in [0.15, 0.2) is 0 Å². The van der Waals surface area contributed by atoms with Gasteiger partial charge in [-0.1, -0.05) is 18.2 Å². The molecule has 17 heavy (non-hydrogen) atoms. The quantitative estimate of drug-likeness (QED) is 0.615. The van der Waals surface area contributed by atoms with Gasteiger partial charge >= 0.3 is 0 Å². The first kappa shape index (κ1) is 9.23.